The maximum absolute atomic E-state index is 12.6. The van der Waals surface area contributed by atoms with Crippen LogP contribution in [-0.2, 0) is 0 Å². The van der Waals surface area contributed by atoms with Crippen molar-refractivity contribution in [2.45, 2.75) is 0 Å². The number of hydrogen-bond donors (Lipinski definition) is 2. The highest BCUT2D eigenvalue weighted by atomic mass is 16.5. The number of nitrogens with one attached hydrogen (secondary N) is 2. The van der Waals surface area contributed by atoms with E-state index in [4.69, 9.17) is 9.47 Å². The fourth-order valence-corrected chi connectivity index (χ4v) is 2.88. The maximum Gasteiger partial charge on any atom is 0.259 e. The summed E-state index contributed by atoms with van der Waals surface area (Å²) in [6.45, 7) is 0. The van der Waals surface area contributed by atoms with Crippen LogP contribution in [0.4, 0.5) is 5.69 Å². The molecule has 0 aliphatic rings. The minimum atomic E-state index is -0.264. The lowest BCUT2D eigenvalue weighted by molar-refractivity contribution is 0.102. The zero-order chi connectivity index (χ0) is 19.5. The summed E-state index contributed by atoms with van der Waals surface area (Å²) >= 11 is 0. The number of anilines is 1. The summed E-state index contributed by atoms with van der Waals surface area (Å²) in [6.07, 6.45) is 1.72. The van der Waals surface area contributed by atoms with Crippen LogP contribution in [0.3, 0.4) is 0 Å². The number of amides is 1. The number of benzene rings is 2. The Hall–Kier alpha value is -3.87. The van der Waals surface area contributed by atoms with E-state index in [1.807, 2.05) is 36.4 Å². The second-order valence-electron chi connectivity index (χ2n) is 6.05. The number of fused-ring (bicyclic) bond motifs is 1. The Morgan fingerprint density at radius 3 is 2.57 bits per heavy atom. The molecule has 0 bridgehead atoms. The Kier molecular flexibility index (Phi) is 4.63. The number of nitrogens with zero attached hydrogens (tertiary/aromatic N) is 2. The molecule has 0 atom stereocenters. The van der Waals surface area contributed by atoms with Gasteiger partial charge >= 0.3 is 0 Å². The summed E-state index contributed by atoms with van der Waals surface area (Å²) in [4.78, 5) is 24.6. The summed E-state index contributed by atoms with van der Waals surface area (Å²) < 4.78 is 10.5. The molecule has 4 aromatic rings. The van der Waals surface area contributed by atoms with Gasteiger partial charge in [0, 0.05) is 23.5 Å². The predicted octanol–water partition coefficient (Wildman–Crippen LogP) is 3.89. The molecule has 0 unspecified atom stereocenters. The number of pyridine rings is 1. The molecule has 0 aliphatic heterocycles. The molecule has 0 fully saturated rings. The molecule has 4 rings (SSSR count). The molecular formula is C21H18N4O3. The van der Waals surface area contributed by atoms with Gasteiger partial charge < -0.3 is 19.8 Å². The molecule has 2 N–H and O–H groups in total. The Balaban J connectivity index is 1.54. The smallest absolute Gasteiger partial charge is 0.259 e. The standard InChI is InChI=1S/C21H18N4O3/c1-27-15-9-10-16(18(12-15)28-2)21(26)23-14-7-5-13(6-8-14)19-24-17-4-3-11-22-20(17)25-19/h3-12H,1-2H3,(H,23,26)(H,22,24,25). The van der Waals surface area contributed by atoms with Crippen molar-refractivity contribution in [3.8, 4) is 22.9 Å². The highest BCUT2D eigenvalue weighted by molar-refractivity contribution is 6.06. The lowest BCUT2D eigenvalue weighted by atomic mass is 10.1. The Morgan fingerprint density at radius 1 is 1.04 bits per heavy atom. The largest absolute Gasteiger partial charge is 0.497 e. The van der Waals surface area contributed by atoms with Crippen LogP contribution in [0.5, 0.6) is 11.5 Å². The predicted molar refractivity (Wildman–Crippen MR) is 107 cm³/mol. The number of ether oxygens (including phenoxy) is 2. The van der Waals surface area contributed by atoms with Gasteiger partial charge in [0.05, 0.1) is 19.8 Å². The number of carbonyl (C=O) groups is 1. The van der Waals surface area contributed by atoms with E-state index in [2.05, 4.69) is 20.3 Å². The molecule has 28 heavy (non-hydrogen) atoms. The third-order valence-electron chi connectivity index (χ3n) is 4.32. The summed E-state index contributed by atoms with van der Waals surface area (Å²) in [5.74, 6) is 1.53. The average molecular weight is 374 g/mol. The van der Waals surface area contributed by atoms with Gasteiger partial charge in [-0.05, 0) is 48.5 Å². The van der Waals surface area contributed by atoms with Crippen molar-refractivity contribution >= 4 is 22.8 Å². The lowest BCUT2D eigenvalue weighted by Gasteiger charge is -2.11. The molecule has 2 aromatic carbocycles. The van der Waals surface area contributed by atoms with Gasteiger partial charge in [-0.2, -0.15) is 0 Å². The van der Waals surface area contributed by atoms with E-state index in [0.29, 0.717) is 22.7 Å². The minimum absolute atomic E-state index is 0.264. The lowest BCUT2D eigenvalue weighted by Crippen LogP contribution is -2.13. The molecular weight excluding hydrogens is 356 g/mol. The Bertz CT molecular complexity index is 1100. The molecule has 2 heterocycles. The van der Waals surface area contributed by atoms with Crippen molar-refractivity contribution in [3.63, 3.8) is 0 Å². The van der Waals surface area contributed by atoms with Crippen LogP contribution in [0.2, 0.25) is 0 Å². The van der Waals surface area contributed by atoms with Gasteiger partial charge in [-0.3, -0.25) is 4.79 Å². The van der Waals surface area contributed by atoms with Crippen LogP contribution in [0.1, 0.15) is 10.4 Å². The molecule has 0 saturated heterocycles. The van der Waals surface area contributed by atoms with Crippen molar-refractivity contribution < 1.29 is 14.3 Å². The average Bonchev–Trinajstić information content (AvgIpc) is 3.18. The molecule has 7 nitrogen and oxygen atoms in total. The number of aromatic amines is 1. The molecule has 7 heteroatoms. The Labute approximate surface area is 161 Å². The van der Waals surface area contributed by atoms with Crippen LogP contribution < -0.4 is 14.8 Å². The van der Waals surface area contributed by atoms with Crippen molar-refractivity contribution in [1.29, 1.82) is 0 Å². The maximum atomic E-state index is 12.6. The first kappa shape index (κ1) is 17.5. The fraction of sp³-hybridized carbons (Fsp3) is 0.0952. The number of H-pyrrole nitrogens is 1. The zero-order valence-corrected chi connectivity index (χ0v) is 15.4. The third kappa shape index (κ3) is 3.37. The molecule has 0 saturated carbocycles. The molecule has 0 aliphatic carbocycles. The number of imidazole rings is 1. The van der Waals surface area contributed by atoms with E-state index in [1.54, 1.807) is 31.5 Å². The Morgan fingerprint density at radius 2 is 1.86 bits per heavy atom. The van der Waals surface area contributed by atoms with Gasteiger partial charge in [0.1, 0.15) is 22.8 Å². The van der Waals surface area contributed by atoms with Crippen LogP contribution in [-0.4, -0.2) is 35.1 Å². The van der Waals surface area contributed by atoms with Crippen molar-refractivity contribution in [2.24, 2.45) is 0 Å². The first-order chi connectivity index (χ1) is 13.7. The number of aromatic nitrogens is 3. The van der Waals surface area contributed by atoms with E-state index in [-0.39, 0.29) is 5.91 Å². The fourth-order valence-electron chi connectivity index (χ4n) is 2.88. The number of rotatable bonds is 5. The highest BCUT2D eigenvalue weighted by Gasteiger charge is 2.14. The second-order valence-corrected chi connectivity index (χ2v) is 6.05. The van der Waals surface area contributed by atoms with Gasteiger partial charge in [-0.25, -0.2) is 9.97 Å². The van der Waals surface area contributed by atoms with E-state index >= 15 is 0 Å². The van der Waals surface area contributed by atoms with Gasteiger partial charge in [0.15, 0.2) is 5.65 Å². The first-order valence-corrected chi connectivity index (χ1v) is 8.62. The highest BCUT2D eigenvalue weighted by Crippen LogP contribution is 2.26. The van der Waals surface area contributed by atoms with E-state index in [1.165, 1.54) is 7.11 Å². The second kappa shape index (κ2) is 7.40. The van der Waals surface area contributed by atoms with Crippen LogP contribution >= 0.6 is 0 Å². The monoisotopic (exact) mass is 374 g/mol. The first-order valence-electron chi connectivity index (χ1n) is 8.62. The number of hydrogen-bond acceptors (Lipinski definition) is 5. The van der Waals surface area contributed by atoms with Gasteiger partial charge in [0.2, 0.25) is 0 Å². The van der Waals surface area contributed by atoms with Crippen molar-refractivity contribution in [3.05, 3.63) is 66.4 Å². The number of carbonyl (C=O) groups excluding carboxylic acids is 1. The zero-order valence-electron chi connectivity index (χ0n) is 15.4. The summed E-state index contributed by atoms with van der Waals surface area (Å²) in [6, 6.07) is 16.2. The summed E-state index contributed by atoms with van der Waals surface area (Å²) in [7, 11) is 3.08. The summed E-state index contributed by atoms with van der Waals surface area (Å²) in [5, 5.41) is 2.87. The minimum Gasteiger partial charge on any atom is -0.497 e. The van der Waals surface area contributed by atoms with Gasteiger partial charge in [0.25, 0.3) is 5.91 Å². The quantitative estimate of drug-likeness (QED) is 0.553. The molecule has 2 aromatic heterocycles. The summed E-state index contributed by atoms with van der Waals surface area (Å²) in [5.41, 5.74) is 3.54. The molecule has 1 amide bonds. The SMILES string of the molecule is COc1ccc(C(=O)Nc2ccc(-c3nc4cccnc4[nH]3)cc2)c(OC)c1. The topological polar surface area (TPSA) is 89.1 Å². The van der Waals surface area contributed by atoms with Crippen molar-refractivity contribution in [2.75, 3.05) is 19.5 Å². The molecule has 0 spiro atoms. The molecule has 140 valence electrons. The third-order valence-corrected chi connectivity index (χ3v) is 4.32. The van der Waals surface area contributed by atoms with Crippen LogP contribution in [0.15, 0.2) is 60.8 Å². The molecule has 0 radical (unpaired) electrons. The van der Waals surface area contributed by atoms with E-state index < -0.39 is 0 Å². The van der Waals surface area contributed by atoms with Crippen LogP contribution in [0, 0.1) is 0 Å². The van der Waals surface area contributed by atoms with Gasteiger partial charge in [-0.15, -0.1) is 0 Å². The number of methoxy groups -OCH3 is 2. The van der Waals surface area contributed by atoms with Gasteiger partial charge in [-0.1, -0.05) is 0 Å². The van der Waals surface area contributed by atoms with Crippen molar-refractivity contribution in [1.82, 2.24) is 15.0 Å². The normalized spacial score (nSPS) is 10.6. The van der Waals surface area contributed by atoms with Crippen LogP contribution in [0.25, 0.3) is 22.6 Å². The van der Waals surface area contributed by atoms with E-state index in [9.17, 15) is 4.79 Å². The van der Waals surface area contributed by atoms with E-state index in [0.717, 1.165) is 22.6 Å².